The van der Waals surface area contributed by atoms with Crippen molar-refractivity contribution in [3.8, 4) is 0 Å². The number of benzene rings is 2. The van der Waals surface area contributed by atoms with Crippen molar-refractivity contribution in [2.45, 2.75) is 57.8 Å². The van der Waals surface area contributed by atoms with Crippen LogP contribution in [-0.4, -0.2) is 45.9 Å². The van der Waals surface area contributed by atoms with Gasteiger partial charge in [-0.15, -0.1) is 0 Å². The molecule has 0 aromatic heterocycles. The average Bonchev–Trinajstić information content (AvgIpc) is 2.87. The van der Waals surface area contributed by atoms with Gasteiger partial charge in [0.15, 0.2) is 0 Å². The summed E-state index contributed by atoms with van der Waals surface area (Å²) in [5.74, 6) is -0.0398. The number of unbranched alkanes of at least 4 members (excludes halogenated alkanes) is 6. The Labute approximate surface area is 220 Å². The molecule has 0 spiro atoms. The maximum Gasteiger partial charge on any atom is 0.238 e. The minimum atomic E-state index is -0.0199. The van der Waals surface area contributed by atoms with Gasteiger partial charge in [-0.1, -0.05) is 117 Å². The molecule has 2 aromatic carbocycles. The van der Waals surface area contributed by atoms with Gasteiger partial charge in [0.05, 0.1) is 0 Å². The molecule has 0 bridgehead atoms. The van der Waals surface area contributed by atoms with Gasteiger partial charge in [-0.05, 0) is 12.8 Å². The van der Waals surface area contributed by atoms with Crippen LogP contribution in [-0.2, 0) is 9.59 Å². The molecule has 6 nitrogen and oxygen atoms in total. The summed E-state index contributed by atoms with van der Waals surface area (Å²) in [6.45, 7) is 0. The van der Waals surface area contributed by atoms with Crippen molar-refractivity contribution in [2.75, 3.05) is 14.1 Å². The molecule has 0 saturated carbocycles. The number of amides is 2. The van der Waals surface area contributed by atoms with Gasteiger partial charge in [0.25, 0.3) is 0 Å². The van der Waals surface area contributed by atoms with E-state index >= 15 is 0 Å². The lowest BCUT2D eigenvalue weighted by Crippen LogP contribution is -2.42. The van der Waals surface area contributed by atoms with Crippen molar-refractivity contribution < 1.29 is 9.59 Å². The third kappa shape index (κ3) is 11.0. The Morgan fingerprint density at radius 2 is 0.914 bits per heavy atom. The molecule has 35 heavy (non-hydrogen) atoms. The highest BCUT2D eigenvalue weighted by Crippen LogP contribution is 2.10. The van der Waals surface area contributed by atoms with Gasteiger partial charge in [0, 0.05) is 38.1 Å². The molecular weight excluding hydrogens is 476 g/mol. The summed E-state index contributed by atoms with van der Waals surface area (Å²) in [6.07, 6.45) is 8.00. The molecule has 2 rings (SSSR count). The second-order valence-corrected chi connectivity index (χ2v) is 9.28. The highest BCUT2D eigenvalue weighted by molar-refractivity contribution is 7.80. The zero-order chi connectivity index (χ0) is 25.5. The molecule has 0 heterocycles. The van der Waals surface area contributed by atoms with Gasteiger partial charge in [-0.2, -0.15) is 0 Å². The van der Waals surface area contributed by atoms with Crippen LogP contribution in [0.1, 0.15) is 68.9 Å². The molecule has 0 aliphatic carbocycles. The molecule has 0 atom stereocenters. The molecule has 2 aromatic rings. The van der Waals surface area contributed by atoms with Gasteiger partial charge in [0.2, 0.25) is 11.8 Å². The molecule has 0 aliphatic heterocycles. The second-order valence-electron chi connectivity index (χ2n) is 8.51. The van der Waals surface area contributed by atoms with Crippen LogP contribution >= 0.6 is 24.4 Å². The summed E-state index contributed by atoms with van der Waals surface area (Å²) in [7, 11) is 3.53. The minimum Gasteiger partial charge on any atom is -0.277 e. The van der Waals surface area contributed by atoms with Crippen LogP contribution < -0.4 is 10.9 Å². The zero-order valence-electron chi connectivity index (χ0n) is 20.7. The van der Waals surface area contributed by atoms with Crippen LogP contribution in [0.3, 0.4) is 0 Å². The smallest absolute Gasteiger partial charge is 0.238 e. The Balaban J connectivity index is 1.47. The van der Waals surface area contributed by atoms with E-state index in [9.17, 15) is 9.59 Å². The van der Waals surface area contributed by atoms with Crippen LogP contribution in [0.25, 0.3) is 0 Å². The largest absolute Gasteiger partial charge is 0.277 e. The number of hydrogen-bond donors (Lipinski definition) is 2. The van der Waals surface area contributed by atoms with Crippen molar-refractivity contribution in [3.05, 3.63) is 71.8 Å². The standard InChI is InChI=1S/C27H36N4O2S2/c1-30(26(34)22-16-10-8-11-17-22)28-24(32)20-14-6-4-3-5-7-15-21-25(33)29-31(2)27(35)23-18-12-9-13-19-23/h8-13,16-19H,3-7,14-15,20-21H2,1-2H3,(H,28,32)(H,29,33). The summed E-state index contributed by atoms with van der Waals surface area (Å²) in [5.41, 5.74) is 7.50. The number of rotatable bonds is 12. The van der Waals surface area contributed by atoms with Crippen molar-refractivity contribution in [2.24, 2.45) is 0 Å². The van der Waals surface area contributed by atoms with Crippen molar-refractivity contribution in [1.29, 1.82) is 0 Å². The molecule has 188 valence electrons. The Morgan fingerprint density at radius 1 is 0.600 bits per heavy atom. The number of nitrogens with zero attached hydrogens (tertiary/aromatic N) is 2. The summed E-state index contributed by atoms with van der Waals surface area (Å²) in [6, 6.07) is 19.3. The lowest BCUT2D eigenvalue weighted by atomic mass is 10.1. The predicted octanol–water partition coefficient (Wildman–Crippen LogP) is 5.17. The lowest BCUT2D eigenvalue weighted by Gasteiger charge is -2.21. The number of nitrogens with one attached hydrogen (secondary N) is 2. The van der Waals surface area contributed by atoms with Crippen LogP contribution in [0.2, 0.25) is 0 Å². The first-order valence-electron chi connectivity index (χ1n) is 12.1. The van der Waals surface area contributed by atoms with E-state index in [2.05, 4.69) is 10.9 Å². The molecule has 8 heteroatoms. The van der Waals surface area contributed by atoms with Gasteiger partial charge >= 0.3 is 0 Å². The molecule has 0 unspecified atom stereocenters. The van der Waals surface area contributed by atoms with Crippen LogP contribution in [0.15, 0.2) is 60.7 Å². The molecule has 0 radical (unpaired) electrons. The van der Waals surface area contributed by atoms with Crippen molar-refractivity contribution in [1.82, 2.24) is 20.9 Å². The van der Waals surface area contributed by atoms with E-state index in [-0.39, 0.29) is 11.8 Å². The maximum absolute atomic E-state index is 12.2. The van der Waals surface area contributed by atoms with E-state index in [4.69, 9.17) is 24.4 Å². The lowest BCUT2D eigenvalue weighted by molar-refractivity contribution is -0.124. The molecule has 2 N–H and O–H groups in total. The van der Waals surface area contributed by atoms with E-state index in [1.807, 2.05) is 60.7 Å². The molecule has 0 fully saturated rings. The quantitative estimate of drug-likeness (QED) is 0.232. The summed E-state index contributed by atoms with van der Waals surface area (Å²) < 4.78 is 0. The van der Waals surface area contributed by atoms with Gasteiger partial charge < -0.3 is 0 Å². The zero-order valence-corrected chi connectivity index (χ0v) is 22.3. The minimum absolute atomic E-state index is 0.0199. The van der Waals surface area contributed by atoms with Gasteiger partial charge in [-0.3, -0.25) is 30.5 Å². The Kier molecular flexibility index (Phi) is 12.9. The number of carbonyl (C=O) groups is 2. The van der Waals surface area contributed by atoms with Gasteiger partial charge in [-0.25, -0.2) is 0 Å². The fourth-order valence-corrected chi connectivity index (χ4v) is 3.95. The number of carbonyl (C=O) groups excluding carboxylic acids is 2. The third-order valence-electron chi connectivity index (χ3n) is 5.54. The summed E-state index contributed by atoms with van der Waals surface area (Å²) in [5, 5.41) is 3.21. The van der Waals surface area contributed by atoms with E-state index < -0.39 is 0 Å². The fraction of sp³-hybridized carbons (Fsp3) is 0.407. The first-order chi connectivity index (χ1) is 16.9. The maximum atomic E-state index is 12.2. The first kappa shape index (κ1) is 28.4. The molecule has 0 saturated heterocycles. The highest BCUT2D eigenvalue weighted by atomic mass is 32.1. The second kappa shape index (κ2) is 15.9. The summed E-state index contributed by atoms with van der Waals surface area (Å²) in [4.78, 5) is 25.5. The van der Waals surface area contributed by atoms with E-state index in [1.165, 1.54) is 0 Å². The monoisotopic (exact) mass is 512 g/mol. The number of hydrazine groups is 2. The van der Waals surface area contributed by atoms with Gasteiger partial charge in [0.1, 0.15) is 9.98 Å². The Morgan fingerprint density at radius 3 is 1.26 bits per heavy atom. The average molecular weight is 513 g/mol. The predicted molar refractivity (Wildman–Crippen MR) is 150 cm³/mol. The fourth-order valence-electron chi connectivity index (χ4n) is 3.59. The van der Waals surface area contributed by atoms with Crippen molar-refractivity contribution >= 4 is 46.2 Å². The summed E-state index contributed by atoms with van der Waals surface area (Å²) >= 11 is 10.8. The SMILES string of the molecule is CN(NC(=O)CCCCCCCCCC(=O)NN(C)C(=S)c1ccccc1)C(=S)c1ccccc1. The number of thiocarbonyl (C=S) groups is 2. The molecular formula is C27H36N4O2S2. The first-order valence-corrected chi connectivity index (χ1v) is 13.0. The molecule has 2 amide bonds. The van der Waals surface area contributed by atoms with E-state index in [1.54, 1.807) is 24.1 Å². The third-order valence-corrected chi connectivity index (χ3v) is 6.56. The van der Waals surface area contributed by atoms with Crippen LogP contribution in [0.4, 0.5) is 0 Å². The van der Waals surface area contributed by atoms with E-state index in [0.29, 0.717) is 22.8 Å². The van der Waals surface area contributed by atoms with Crippen LogP contribution in [0, 0.1) is 0 Å². The van der Waals surface area contributed by atoms with E-state index in [0.717, 1.165) is 56.1 Å². The van der Waals surface area contributed by atoms with Crippen molar-refractivity contribution in [3.63, 3.8) is 0 Å². The van der Waals surface area contributed by atoms with Crippen LogP contribution in [0.5, 0.6) is 0 Å². The highest BCUT2D eigenvalue weighted by Gasteiger charge is 2.11. The topological polar surface area (TPSA) is 64.7 Å². The normalized spacial score (nSPS) is 10.3. The Hall–Kier alpha value is -2.84. The number of hydrogen-bond acceptors (Lipinski definition) is 4. The molecule has 0 aliphatic rings. The Bertz CT molecular complexity index is 877.